The highest BCUT2D eigenvalue weighted by Gasteiger charge is 2.41. The zero-order valence-corrected chi connectivity index (χ0v) is 14.2. The van der Waals surface area contributed by atoms with E-state index < -0.39 is 0 Å². The van der Waals surface area contributed by atoms with Crippen molar-refractivity contribution in [3.8, 4) is 0 Å². The molecule has 2 unspecified atom stereocenters. The van der Waals surface area contributed by atoms with Crippen molar-refractivity contribution in [3.63, 3.8) is 0 Å². The van der Waals surface area contributed by atoms with E-state index in [4.69, 9.17) is 0 Å². The Labute approximate surface area is 130 Å². The standard InChI is InChI=1S/C18H34N2O/c1-4-5-12-16-18(21)20(17(19-16)13-14(2)3)15-10-8-6-7-9-11-15/h14-17,19H,4-13H2,1-3H3. The summed E-state index contributed by atoms with van der Waals surface area (Å²) in [6.07, 6.45) is 12.4. The van der Waals surface area contributed by atoms with Crippen molar-refractivity contribution >= 4 is 5.91 Å². The molecule has 0 aromatic carbocycles. The second-order valence-electron chi connectivity index (χ2n) is 7.40. The number of unbranched alkanes of at least 4 members (excludes halogenated alkanes) is 1. The molecule has 0 bridgehead atoms. The lowest BCUT2D eigenvalue weighted by Crippen LogP contribution is -2.45. The van der Waals surface area contributed by atoms with E-state index in [1.165, 1.54) is 44.9 Å². The van der Waals surface area contributed by atoms with Crippen LogP contribution in [0.4, 0.5) is 0 Å². The molecule has 0 aromatic heterocycles. The van der Waals surface area contributed by atoms with Crippen LogP contribution in [0.5, 0.6) is 0 Å². The van der Waals surface area contributed by atoms with Crippen molar-refractivity contribution < 1.29 is 4.79 Å². The third-order valence-corrected chi connectivity index (χ3v) is 5.04. The van der Waals surface area contributed by atoms with Crippen LogP contribution < -0.4 is 5.32 Å². The minimum absolute atomic E-state index is 0.0805. The lowest BCUT2D eigenvalue weighted by atomic mass is 10.0. The molecule has 2 atom stereocenters. The molecule has 1 heterocycles. The Bertz CT molecular complexity index is 321. The Morgan fingerprint density at radius 2 is 1.86 bits per heavy atom. The number of amides is 1. The van der Waals surface area contributed by atoms with Gasteiger partial charge in [-0.2, -0.15) is 0 Å². The predicted octanol–water partition coefficient (Wildman–Crippen LogP) is 4.07. The predicted molar refractivity (Wildman–Crippen MR) is 88.0 cm³/mol. The Morgan fingerprint density at radius 3 is 2.43 bits per heavy atom. The van der Waals surface area contributed by atoms with Crippen LogP contribution in [-0.4, -0.2) is 29.1 Å². The average Bonchev–Trinajstić information content (AvgIpc) is 2.64. The maximum absolute atomic E-state index is 12.9. The normalized spacial score (nSPS) is 28.4. The molecule has 0 spiro atoms. The van der Waals surface area contributed by atoms with E-state index in [9.17, 15) is 4.79 Å². The second-order valence-corrected chi connectivity index (χ2v) is 7.40. The molecule has 0 aromatic rings. The summed E-state index contributed by atoms with van der Waals surface area (Å²) in [6, 6.07) is 0.569. The smallest absolute Gasteiger partial charge is 0.241 e. The molecule has 3 nitrogen and oxygen atoms in total. The van der Waals surface area contributed by atoms with E-state index in [1.54, 1.807) is 0 Å². The molecule has 1 N–H and O–H groups in total. The minimum Gasteiger partial charge on any atom is -0.323 e. The van der Waals surface area contributed by atoms with Gasteiger partial charge in [0.25, 0.3) is 0 Å². The SMILES string of the molecule is CCCCC1NC(CC(C)C)N(C2CCCCCC2)C1=O. The van der Waals surface area contributed by atoms with Gasteiger partial charge in [-0.3, -0.25) is 10.1 Å². The highest BCUT2D eigenvalue weighted by molar-refractivity contribution is 5.84. The van der Waals surface area contributed by atoms with Gasteiger partial charge >= 0.3 is 0 Å². The molecule has 1 saturated carbocycles. The summed E-state index contributed by atoms with van der Waals surface area (Å²) in [5.41, 5.74) is 0. The lowest BCUT2D eigenvalue weighted by Gasteiger charge is -2.33. The zero-order valence-electron chi connectivity index (χ0n) is 14.2. The Balaban J connectivity index is 2.06. The third-order valence-electron chi connectivity index (χ3n) is 5.04. The first-order valence-corrected chi connectivity index (χ1v) is 9.21. The second kappa shape index (κ2) is 8.17. The summed E-state index contributed by atoms with van der Waals surface area (Å²) in [6.45, 7) is 6.72. The molecular formula is C18H34N2O. The number of carbonyl (C=O) groups is 1. The van der Waals surface area contributed by atoms with Crippen LogP contribution in [0.15, 0.2) is 0 Å². The van der Waals surface area contributed by atoms with Gasteiger partial charge in [-0.15, -0.1) is 0 Å². The van der Waals surface area contributed by atoms with Crippen molar-refractivity contribution in [2.45, 2.75) is 103 Å². The van der Waals surface area contributed by atoms with E-state index in [1.807, 2.05) is 0 Å². The number of nitrogens with zero attached hydrogens (tertiary/aromatic N) is 1. The van der Waals surface area contributed by atoms with Gasteiger partial charge in [-0.05, 0) is 31.6 Å². The monoisotopic (exact) mass is 294 g/mol. The zero-order chi connectivity index (χ0) is 15.2. The third kappa shape index (κ3) is 4.45. The molecule has 2 rings (SSSR count). The van der Waals surface area contributed by atoms with Gasteiger partial charge in [0.1, 0.15) is 0 Å². The summed E-state index contributed by atoms with van der Waals surface area (Å²) in [5, 5.41) is 3.65. The molecular weight excluding hydrogens is 260 g/mol. The first-order chi connectivity index (χ1) is 10.1. The lowest BCUT2D eigenvalue weighted by molar-refractivity contribution is -0.132. The molecule has 21 heavy (non-hydrogen) atoms. The number of hydrogen-bond acceptors (Lipinski definition) is 2. The van der Waals surface area contributed by atoms with Crippen molar-refractivity contribution in [1.29, 1.82) is 0 Å². The van der Waals surface area contributed by atoms with Crippen LogP contribution in [0, 0.1) is 5.92 Å². The van der Waals surface area contributed by atoms with Crippen LogP contribution in [0.1, 0.15) is 85.0 Å². The first kappa shape index (κ1) is 16.8. The number of carbonyl (C=O) groups excluding carboxylic acids is 1. The Morgan fingerprint density at radius 1 is 1.19 bits per heavy atom. The molecule has 1 amide bonds. The molecule has 2 aliphatic rings. The number of hydrogen-bond donors (Lipinski definition) is 1. The summed E-state index contributed by atoms with van der Waals surface area (Å²) in [4.78, 5) is 15.1. The maximum atomic E-state index is 12.9. The van der Waals surface area contributed by atoms with Crippen molar-refractivity contribution in [1.82, 2.24) is 10.2 Å². The van der Waals surface area contributed by atoms with E-state index >= 15 is 0 Å². The van der Waals surface area contributed by atoms with Gasteiger partial charge in [0.05, 0.1) is 12.2 Å². The Hall–Kier alpha value is -0.570. The summed E-state index contributed by atoms with van der Waals surface area (Å²) >= 11 is 0. The quantitative estimate of drug-likeness (QED) is 0.749. The molecule has 1 saturated heterocycles. The van der Waals surface area contributed by atoms with E-state index in [0.29, 0.717) is 17.9 Å². The highest BCUT2D eigenvalue weighted by atomic mass is 16.2. The molecule has 122 valence electrons. The minimum atomic E-state index is 0.0805. The van der Waals surface area contributed by atoms with Gasteiger partial charge in [0.2, 0.25) is 5.91 Å². The van der Waals surface area contributed by atoms with Gasteiger partial charge in [0.15, 0.2) is 0 Å². The molecule has 2 fully saturated rings. The summed E-state index contributed by atoms with van der Waals surface area (Å²) in [5.74, 6) is 1.02. The van der Waals surface area contributed by atoms with Crippen LogP contribution in [0.25, 0.3) is 0 Å². The van der Waals surface area contributed by atoms with E-state index in [-0.39, 0.29) is 12.2 Å². The van der Waals surface area contributed by atoms with E-state index in [0.717, 1.165) is 19.3 Å². The number of rotatable bonds is 6. The fourth-order valence-corrected chi connectivity index (χ4v) is 3.93. The van der Waals surface area contributed by atoms with Crippen molar-refractivity contribution in [2.75, 3.05) is 0 Å². The fraction of sp³-hybridized carbons (Fsp3) is 0.944. The molecule has 3 heteroatoms. The van der Waals surface area contributed by atoms with Gasteiger partial charge in [-0.1, -0.05) is 59.3 Å². The van der Waals surface area contributed by atoms with Crippen molar-refractivity contribution in [2.24, 2.45) is 5.92 Å². The summed E-state index contributed by atoms with van der Waals surface area (Å²) in [7, 11) is 0. The Kier molecular flexibility index (Phi) is 6.53. The number of nitrogens with one attached hydrogen (secondary N) is 1. The van der Waals surface area contributed by atoms with Gasteiger partial charge < -0.3 is 4.90 Å². The highest BCUT2D eigenvalue weighted by Crippen LogP contribution is 2.29. The van der Waals surface area contributed by atoms with Crippen LogP contribution in [0.3, 0.4) is 0 Å². The summed E-state index contributed by atoms with van der Waals surface area (Å²) < 4.78 is 0. The van der Waals surface area contributed by atoms with Crippen LogP contribution in [-0.2, 0) is 4.79 Å². The first-order valence-electron chi connectivity index (χ1n) is 9.21. The van der Waals surface area contributed by atoms with Crippen LogP contribution >= 0.6 is 0 Å². The van der Waals surface area contributed by atoms with E-state index in [2.05, 4.69) is 31.0 Å². The van der Waals surface area contributed by atoms with Crippen LogP contribution in [0.2, 0.25) is 0 Å². The maximum Gasteiger partial charge on any atom is 0.241 e. The molecule has 0 radical (unpaired) electrons. The van der Waals surface area contributed by atoms with Crippen molar-refractivity contribution in [3.05, 3.63) is 0 Å². The largest absolute Gasteiger partial charge is 0.323 e. The molecule has 1 aliphatic carbocycles. The molecule has 1 aliphatic heterocycles. The van der Waals surface area contributed by atoms with Gasteiger partial charge in [0, 0.05) is 6.04 Å². The topological polar surface area (TPSA) is 32.3 Å². The fourth-order valence-electron chi connectivity index (χ4n) is 3.93. The average molecular weight is 294 g/mol. The van der Waals surface area contributed by atoms with Gasteiger partial charge in [-0.25, -0.2) is 0 Å².